The molecule has 16 heavy (non-hydrogen) atoms. The molecule has 1 aliphatic rings. The zero-order valence-electron chi connectivity index (χ0n) is 8.70. The predicted octanol–water partition coefficient (Wildman–Crippen LogP) is 2.69. The summed E-state index contributed by atoms with van der Waals surface area (Å²) in [4.78, 5) is 0.668. The first-order valence-corrected chi connectivity index (χ1v) is 8.17. The van der Waals surface area contributed by atoms with E-state index in [1.54, 1.807) is 12.1 Å². The molecular formula is C10H12N2OS3. The molecule has 0 fully saturated rings. The third kappa shape index (κ3) is 1.41. The summed E-state index contributed by atoms with van der Waals surface area (Å²) in [5, 5.41) is 8.36. The maximum atomic E-state index is 10.9. The van der Waals surface area contributed by atoms with Crippen molar-refractivity contribution in [3.05, 3.63) is 30.3 Å². The highest BCUT2D eigenvalue weighted by Crippen LogP contribution is 2.42. The molecule has 0 spiro atoms. The summed E-state index contributed by atoms with van der Waals surface area (Å²) < 4.78 is 11.2. The quantitative estimate of drug-likeness (QED) is 0.813. The van der Waals surface area contributed by atoms with Gasteiger partial charge in [0.2, 0.25) is 0 Å². The van der Waals surface area contributed by atoms with E-state index in [2.05, 4.69) is 22.8 Å². The molecule has 0 radical (unpaired) electrons. The molecule has 1 N–H and O–H groups in total. The maximum Gasteiger partial charge on any atom is 0.166 e. The molecule has 0 saturated carbocycles. The summed E-state index contributed by atoms with van der Waals surface area (Å²) >= 11 is 9.72. The highest BCUT2D eigenvalue weighted by atomic mass is 32.9. The number of benzene rings is 1. The van der Waals surface area contributed by atoms with Crippen molar-refractivity contribution in [2.45, 2.75) is 18.2 Å². The minimum atomic E-state index is -3.45. The van der Waals surface area contributed by atoms with E-state index in [0.717, 1.165) is 0 Å². The summed E-state index contributed by atoms with van der Waals surface area (Å²) in [7, 11) is -3.45. The Morgan fingerprint density at radius 3 is 2.50 bits per heavy atom. The highest BCUT2D eigenvalue weighted by molar-refractivity contribution is 8.70. The number of thiol groups is 1. The van der Waals surface area contributed by atoms with Gasteiger partial charge in [0.05, 0.1) is 0 Å². The summed E-state index contributed by atoms with van der Waals surface area (Å²) in [6, 6.07) is 9.16. The zero-order chi connectivity index (χ0) is 11.8. The molecular weight excluding hydrogens is 260 g/mol. The first-order valence-electron chi connectivity index (χ1n) is 4.80. The summed E-state index contributed by atoms with van der Waals surface area (Å²) in [6.45, 7) is 1.90. The Labute approximate surface area is 104 Å². The van der Waals surface area contributed by atoms with Crippen LogP contribution < -0.4 is 0 Å². The number of nitrogens with zero attached hydrogens (tertiary/aromatic N) is 2. The molecule has 1 heterocycles. The molecule has 86 valence electrons. The van der Waals surface area contributed by atoms with E-state index in [0.29, 0.717) is 16.4 Å². The van der Waals surface area contributed by atoms with Crippen LogP contribution in [0.2, 0.25) is 0 Å². The van der Waals surface area contributed by atoms with E-state index in [-0.39, 0.29) is 4.38 Å². The van der Waals surface area contributed by atoms with Crippen LogP contribution in [-0.4, -0.2) is 14.0 Å². The van der Waals surface area contributed by atoms with Crippen LogP contribution in [0.5, 0.6) is 0 Å². The van der Waals surface area contributed by atoms with Gasteiger partial charge in [0.15, 0.2) is 4.38 Å². The fraction of sp³-hybridized carbons (Fsp3) is 0.200. The SMILES string of the molecule is CCC1=NN=C(S)S1(O)(=S)c1ccccc1. The summed E-state index contributed by atoms with van der Waals surface area (Å²) in [5.41, 5.74) is 0. The van der Waals surface area contributed by atoms with Gasteiger partial charge in [0.25, 0.3) is 0 Å². The minimum absolute atomic E-state index is 0.245. The van der Waals surface area contributed by atoms with Crippen molar-refractivity contribution in [2.75, 3.05) is 0 Å². The lowest BCUT2D eigenvalue weighted by Gasteiger charge is -2.36. The van der Waals surface area contributed by atoms with E-state index in [1.807, 2.05) is 25.1 Å². The van der Waals surface area contributed by atoms with Crippen LogP contribution in [0.4, 0.5) is 0 Å². The van der Waals surface area contributed by atoms with Gasteiger partial charge in [-0.05, 0) is 37.7 Å². The second-order valence-corrected chi connectivity index (χ2v) is 9.26. The molecule has 1 aromatic rings. The van der Waals surface area contributed by atoms with Gasteiger partial charge in [0.1, 0.15) is 5.04 Å². The normalized spacial score (nSPS) is 24.1. The molecule has 0 bridgehead atoms. The van der Waals surface area contributed by atoms with Crippen molar-refractivity contribution in [1.29, 1.82) is 0 Å². The van der Waals surface area contributed by atoms with Crippen molar-refractivity contribution in [1.82, 2.24) is 0 Å². The summed E-state index contributed by atoms with van der Waals surface area (Å²) in [6.07, 6.45) is 0.574. The van der Waals surface area contributed by atoms with Crippen molar-refractivity contribution < 1.29 is 4.55 Å². The van der Waals surface area contributed by atoms with Crippen molar-refractivity contribution in [2.24, 2.45) is 10.2 Å². The monoisotopic (exact) mass is 272 g/mol. The molecule has 1 aromatic carbocycles. The average Bonchev–Trinajstić information content (AvgIpc) is 2.54. The third-order valence-electron chi connectivity index (χ3n) is 2.51. The first kappa shape index (κ1) is 11.9. The van der Waals surface area contributed by atoms with Gasteiger partial charge in [-0.3, -0.25) is 0 Å². The van der Waals surface area contributed by atoms with E-state index in [4.69, 9.17) is 11.2 Å². The lowest BCUT2D eigenvalue weighted by atomic mass is 10.4. The smallest absolute Gasteiger partial charge is 0.166 e. The van der Waals surface area contributed by atoms with Crippen LogP contribution in [0.15, 0.2) is 45.4 Å². The van der Waals surface area contributed by atoms with Gasteiger partial charge in [-0.1, -0.05) is 25.1 Å². The Hall–Kier alpha value is -0.560. The van der Waals surface area contributed by atoms with Crippen LogP contribution in [0.3, 0.4) is 0 Å². The van der Waals surface area contributed by atoms with E-state index in [9.17, 15) is 4.55 Å². The van der Waals surface area contributed by atoms with Crippen LogP contribution in [0.1, 0.15) is 13.3 Å². The van der Waals surface area contributed by atoms with Gasteiger partial charge in [-0.25, -0.2) is 0 Å². The van der Waals surface area contributed by atoms with Gasteiger partial charge >= 0.3 is 0 Å². The maximum absolute atomic E-state index is 10.9. The molecule has 0 aromatic heterocycles. The number of rotatable bonds is 2. The highest BCUT2D eigenvalue weighted by Gasteiger charge is 2.44. The fourth-order valence-electron chi connectivity index (χ4n) is 1.61. The molecule has 6 heteroatoms. The second-order valence-electron chi connectivity index (χ2n) is 3.45. The van der Waals surface area contributed by atoms with Crippen molar-refractivity contribution >= 4 is 41.2 Å². The summed E-state index contributed by atoms with van der Waals surface area (Å²) in [5.74, 6) is 0. The van der Waals surface area contributed by atoms with Crippen LogP contribution in [0, 0.1) is 0 Å². The standard InChI is InChI=1S/C10H12N2OS3/c1-2-9-11-12-10(14)16(9,13,15)8-6-4-3-5-7-8/h3-7H,2H2,1H3,(H,12,14)(H,13,15). The molecule has 0 atom stereocenters. The molecule has 3 nitrogen and oxygen atoms in total. The van der Waals surface area contributed by atoms with Gasteiger partial charge in [0, 0.05) is 4.90 Å². The molecule has 0 aliphatic carbocycles. The minimum Gasteiger partial charge on any atom is -0.332 e. The molecule has 0 saturated heterocycles. The van der Waals surface area contributed by atoms with Crippen LogP contribution >= 0.6 is 12.6 Å². The molecule has 0 amide bonds. The molecule has 2 rings (SSSR count). The van der Waals surface area contributed by atoms with Crippen molar-refractivity contribution in [3.63, 3.8) is 0 Å². The van der Waals surface area contributed by atoms with Crippen molar-refractivity contribution in [3.8, 4) is 0 Å². The lowest BCUT2D eigenvalue weighted by molar-refractivity contribution is 0.640. The van der Waals surface area contributed by atoms with E-state index in [1.165, 1.54) is 0 Å². The van der Waals surface area contributed by atoms with E-state index >= 15 is 0 Å². The Morgan fingerprint density at radius 1 is 1.31 bits per heavy atom. The predicted molar refractivity (Wildman–Crippen MR) is 76.2 cm³/mol. The van der Waals surface area contributed by atoms with Gasteiger partial charge < -0.3 is 4.55 Å². The largest absolute Gasteiger partial charge is 0.332 e. The topological polar surface area (TPSA) is 45.0 Å². The molecule has 1 aliphatic heterocycles. The molecule has 0 unspecified atom stereocenters. The Morgan fingerprint density at radius 2 is 1.94 bits per heavy atom. The van der Waals surface area contributed by atoms with Crippen LogP contribution in [-0.2, 0) is 19.2 Å². The second kappa shape index (κ2) is 3.73. The van der Waals surface area contributed by atoms with Crippen LogP contribution in [0.25, 0.3) is 0 Å². The van der Waals surface area contributed by atoms with Gasteiger partial charge in [-0.2, -0.15) is 0 Å². The first-order chi connectivity index (χ1) is 7.49. The Balaban J connectivity index is 2.72. The average molecular weight is 272 g/mol. The number of hydrogen-bond acceptors (Lipinski definition) is 3. The van der Waals surface area contributed by atoms with E-state index < -0.39 is 8.00 Å². The Kier molecular flexibility index (Phi) is 2.78. The van der Waals surface area contributed by atoms with Gasteiger partial charge in [-0.15, -0.1) is 22.8 Å². The third-order valence-corrected chi connectivity index (χ3v) is 8.81. The fourth-order valence-corrected chi connectivity index (χ4v) is 5.45. The Bertz CT molecular complexity index is 550. The zero-order valence-corrected chi connectivity index (χ0v) is 11.2. The lowest BCUT2D eigenvalue weighted by Crippen LogP contribution is -2.42. The number of hydrogen-bond donors (Lipinski definition) is 2.